The van der Waals surface area contributed by atoms with Crippen molar-refractivity contribution in [3.8, 4) is 0 Å². The van der Waals surface area contributed by atoms with Gasteiger partial charge < -0.3 is 9.64 Å². The monoisotopic (exact) mass is 186 g/mol. The molecule has 5 heteroatoms. The van der Waals surface area contributed by atoms with E-state index in [1.54, 1.807) is 14.2 Å². The van der Waals surface area contributed by atoms with E-state index in [2.05, 4.69) is 15.3 Å². The molecule has 1 aliphatic rings. The molecule has 1 rings (SSSR count). The van der Waals surface area contributed by atoms with Crippen molar-refractivity contribution in [1.29, 1.82) is 0 Å². The van der Waals surface area contributed by atoms with Crippen molar-refractivity contribution >= 4 is 5.96 Å². The number of hydrogen-bond acceptors (Lipinski definition) is 3. The second-order valence-corrected chi connectivity index (χ2v) is 3.25. The van der Waals surface area contributed by atoms with Crippen LogP contribution in [0.5, 0.6) is 0 Å². The van der Waals surface area contributed by atoms with Gasteiger partial charge in [0, 0.05) is 33.2 Å². The molecule has 1 aliphatic heterocycles. The molecule has 5 nitrogen and oxygen atoms in total. The number of guanidine groups is 1. The topological polar surface area (TPSA) is 62.9 Å². The third-order valence-corrected chi connectivity index (χ3v) is 2.33. The maximum absolute atomic E-state index is 5.33. The van der Waals surface area contributed by atoms with Gasteiger partial charge in [0.05, 0.1) is 6.61 Å². The summed E-state index contributed by atoms with van der Waals surface area (Å²) in [6.07, 6.45) is 1.15. The number of rotatable bonds is 2. The van der Waals surface area contributed by atoms with E-state index in [9.17, 15) is 0 Å². The van der Waals surface area contributed by atoms with Gasteiger partial charge in [-0.1, -0.05) is 0 Å². The number of nitrogens with two attached hydrogens (primary N) is 1. The van der Waals surface area contributed by atoms with Crippen molar-refractivity contribution in [3.63, 3.8) is 0 Å². The van der Waals surface area contributed by atoms with Gasteiger partial charge in [-0.3, -0.25) is 10.4 Å². The minimum atomic E-state index is 0.607. The van der Waals surface area contributed by atoms with Crippen LogP contribution in [0, 0.1) is 5.92 Å². The number of aliphatic imine (C=N–C) groups is 1. The van der Waals surface area contributed by atoms with Gasteiger partial charge in [-0.15, -0.1) is 0 Å². The van der Waals surface area contributed by atoms with Crippen LogP contribution in [0.1, 0.15) is 6.42 Å². The van der Waals surface area contributed by atoms with E-state index in [1.807, 2.05) is 0 Å². The van der Waals surface area contributed by atoms with Crippen LogP contribution in [-0.4, -0.2) is 44.7 Å². The molecule has 1 fully saturated rings. The number of ether oxygens (including phenoxy) is 1. The molecule has 1 heterocycles. The fourth-order valence-electron chi connectivity index (χ4n) is 1.69. The van der Waals surface area contributed by atoms with Crippen molar-refractivity contribution in [2.75, 3.05) is 33.9 Å². The largest absolute Gasteiger partial charge is 0.384 e. The SMILES string of the molecule is CN=C(NN)N1CCC(COC)C1. The van der Waals surface area contributed by atoms with E-state index in [1.165, 1.54) is 0 Å². The van der Waals surface area contributed by atoms with Gasteiger partial charge in [-0.2, -0.15) is 0 Å². The summed E-state index contributed by atoms with van der Waals surface area (Å²) in [5.74, 6) is 6.70. The number of hydrazine groups is 1. The van der Waals surface area contributed by atoms with E-state index in [0.29, 0.717) is 5.92 Å². The van der Waals surface area contributed by atoms with Gasteiger partial charge in [-0.05, 0) is 6.42 Å². The summed E-state index contributed by atoms with van der Waals surface area (Å²) in [4.78, 5) is 6.19. The molecular weight excluding hydrogens is 168 g/mol. The Kier molecular flexibility index (Phi) is 3.98. The zero-order valence-corrected chi connectivity index (χ0v) is 8.29. The molecule has 0 spiro atoms. The standard InChI is InChI=1S/C8H18N4O/c1-10-8(11-9)12-4-3-7(5-12)6-13-2/h7H,3-6,9H2,1-2H3,(H,10,11). The number of hydrogen-bond donors (Lipinski definition) is 2. The molecule has 0 aromatic carbocycles. The summed E-state index contributed by atoms with van der Waals surface area (Å²) in [5.41, 5.74) is 2.59. The number of nitrogens with zero attached hydrogens (tertiary/aromatic N) is 2. The van der Waals surface area contributed by atoms with E-state index < -0.39 is 0 Å². The van der Waals surface area contributed by atoms with Crippen molar-refractivity contribution in [2.24, 2.45) is 16.8 Å². The van der Waals surface area contributed by atoms with E-state index in [0.717, 1.165) is 32.1 Å². The van der Waals surface area contributed by atoms with Gasteiger partial charge in [0.15, 0.2) is 0 Å². The molecule has 0 aliphatic carbocycles. The quantitative estimate of drug-likeness (QED) is 0.262. The third kappa shape index (κ3) is 2.57. The van der Waals surface area contributed by atoms with Crippen molar-refractivity contribution in [3.05, 3.63) is 0 Å². The Morgan fingerprint density at radius 2 is 2.54 bits per heavy atom. The summed E-state index contributed by atoms with van der Waals surface area (Å²) in [6, 6.07) is 0. The lowest BCUT2D eigenvalue weighted by Crippen LogP contribution is -2.43. The summed E-state index contributed by atoms with van der Waals surface area (Å²) in [7, 11) is 3.47. The molecule has 0 aromatic heterocycles. The van der Waals surface area contributed by atoms with Crippen LogP contribution in [0.3, 0.4) is 0 Å². The summed E-state index contributed by atoms with van der Waals surface area (Å²) in [5, 5.41) is 0. The maximum Gasteiger partial charge on any atom is 0.208 e. The molecule has 76 valence electrons. The van der Waals surface area contributed by atoms with Crippen molar-refractivity contribution < 1.29 is 4.74 Å². The molecule has 0 saturated carbocycles. The van der Waals surface area contributed by atoms with E-state index in [-0.39, 0.29) is 0 Å². The van der Waals surface area contributed by atoms with Gasteiger partial charge >= 0.3 is 0 Å². The highest BCUT2D eigenvalue weighted by Crippen LogP contribution is 2.15. The summed E-state index contributed by atoms with van der Waals surface area (Å²) < 4.78 is 5.10. The minimum absolute atomic E-state index is 0.607. The first kappa shape index (κ1) is 10.3. The van der Waals surface area contributed by atoms with Gasteiger partial charge in [-0.25, -0.2) is 5.84 Å². The van der Waals surface area contributed by atoms with Crippen LogP contribution >= 0.6 is 0 Å². The van der Waals surface area contributed by atoms with Crippen LogP contribution in [0.2, 0.25) is 0 Å². The highest BCUT2D eigenvalue weighted by Gasteiger charge is 2.23. The second-order valence-electron chi connectivity index (χ2n) is 3.25. The van der Waals surface area contributed by atoms with Crippen LogP contribution in [0.4, 0.5) is 0 Å². The number of methoxy groups -OCH3 is 1. The first-order valence-electron chi connectivity index (χ1n) is 4.49. The molecule has 1 saturated heterocycles. The van der Waals surface area contributed by atoms with Crippen LogP contribution in [0.15, 0.2) is 4.99 Å². The minimum Gasteiger partial charge on any atom is -0.384 e. The molecule has 13 heavy (non-hydrogen) atoms. The smallest absolute Gasteiger partial charge is 0.208 e. The van der Waals surface area contributed by atoms with Gasteiger partial charge in [0.1, 0.15) is 0 Å². The Bertz CT molecular complexity index is 183. The Labute approximate surface area is 78.9 Å². The first-order chi connectivity index (χ1) is 6.31. The second kappa shape index (κ2) is 5.04. The predicted octanol–water partition coefficient (Wildman–Crippen LogP) is -0.596. The zero-order valence-electron chi connectivity index (χ0n) is 8.29. The molecular formula is C8H18N4O. The molecule has 0 aromatic rings. The zero-order chi connectivity index (χ0) is 9.68. The molecule has 1 unspecified atom stereocenters. The van der Waals surface area contributed by atoms with E-state index in [4.69, 9.17) is 10.6 Å². The fraction of sp³-hybridized carbons (Fsp3) is 0.875. The van der Waals surface area contributed by atoms with Crippen molar-refractivity contribution in [2.45, 2.75) is 6.42 Å². The Balaban J connectivity index is 2.39. The lowest BCUT2D eigenvalue weighted by atomic mass is 10.1. The molecule has 3 N–H and O–H groups in total. The molecule has 0 radical (unpaired) electrons. The third-order valence-electron chi connectivity index (χ3n) is 2.33. The molecule has 0 amide bonds. The lowest BCUT2D eigenvalue weighted by molar-refractivity contribution is 0.157. The Hall–Kier alpha value is -0.810. The molecule has 1 atom stereocenters. The van der Waals surface area contributed by atoms with E-state index >= 15 is 0 Å². The molecule has 0 bridgehead atoms. The number of nitrogens with one attached hydrogen (secondary N) is 1. The fourth-order valence-corrected chi connectivity index (χ4v) is 1.69. The van der Waals surface area contributed by atoms with Crippen LogP contribution in [0.25, 0.3) is 0 Å². The normalized spacial score (nSPS) is 23.8. The predicted molar refractivity (Wildman–Crippen MR) is 52.2 cm³/mol. The van der Waals surface area contributed by atoms with Gasteiger partial charge in [0.25, 0.3) is 0 Å². The Morgan fingerprint density at radius 1 is 1.77 bits per heavy atom. The number of likely N-dealkylation sites (tertiary alicyclic amines) is 1. The Morgan fingerprint density at radius 3 is 3.08 bits per heavy atom. The van der Waals surface area contributed by atoms with Crippen LogP contribution < -0.4 is 11.3 Å². The lowest BCUT2D eigenvalue weighted by Gasteiger charge is -2.19. The van der Waals surface area contributed by atoms with Crippen LogP contribution in [-0.2, 0) is 4.74 Å². The highest BCUT2D eigenvalue weighted by atomic mass is 16.5. The summed E-state index contributed by atoms with van der Waals surface area (Å²) >= 11 is 0. The maximum atomic E-state index is 5.33. The average Bonchev–Trinajstić information content (AvgIpc) is 2.56. The highest BCUT2D eigenvalue weighted by molar-refractivity contribution is 5.79. The van der Waals surface area contributed by atoms with Gasteiger partial charge in [0.2, 0.25) is 5.96 Å². The summed E-state index contributed by atoms with van der Waals surface area (Å²) in [6.45, 7) is 2.80. The van der Waals surface area contributed by atoms with Crippen molar-refractivity contribution in [1.82, 2.24) is 10.3 Å². The first-order valence-corrected chi connectivity index (χ1v) is 4.49. The average molecular weight is 186 g/mol.